The Kier molecular flexibility index (Phi) is 6.68. The molecule has 28 heavy (non-hydrogen) atoms. The molecule has 2 aromatic rings. The van der Waals surface area contributed by atoms with E-state index in [4.69, 9.17) is 14.0 Å². The molecule has 3 rings (SSSR count). The summed E-state index contributed by atoms with van der Waals surface area (Å²) in [4.78, 5) is 12.3. The molecule has 0 N–H and O–H groups in total. The Morgan fingerprint density at radius 3 is 2.54 bits per heavy atom. The van der Waals surface area contributed by atoms with Gasteiger partial charge in [0.15, 0.2) is 0 Å². The SMILES string of the molecule is C=CCC(C(=O)OC)N1CCCOP1(=O)c1ccc(Oc2ccccc2)cc1. The van der Waals surface area contributed by atoms with Gasteiger partial charge in [0.25, 0.3) is 0 Å². The molecule has 2 aromatic carbocycles. The van der Waals surface area contributed by atoms with E-state index in [1.807, 2.05) is 30.3 Å². The average Bonchev–Trinajstić information content (AvgIpc) is 2.73. The third kappa shape index (κ3) is 4.36. The number of hydrogen-bond donors (Lipinski definition) is 0. The van der Waals surface area contributed by atoms with Crippen LogP contribution in [-0.4, -0.2) is 36.9 Å². The minimum absolute atomic E-state index is 0.329. The van der Waals surface area contributed by atoms with Crippen LogP contribution in [0.25, 0.3) is 0 Å². The second kappa shape index (κ2) is 9.20. The largest absolute Gasteiger partial charge is 0.468 e. The topological polar surface area (TPSA) is 65.1 Å². The lowest BCUT2D eigenvalue weighted by atomic mass is 10.2. The molecule has 1 aliphatic heterocycles. The summed E-state index contributed by atoms with van der Waals surface area (Å²) < 4.78 is 31.9. The Morgan fingerprint density at radius 2 is 1.89 bits per heavy atom. The zero-order valence-corrected chi connectivity index (χ0v) is 16.7. The third-order valence-corrected chi connectivity index (χ3v) is 7.14. The van der Waals surface area contributed by atoms with E-state index < -0.39 is 19.5 Å². The highest BCUT2D eigenvalue weighted by Gasteiger charge is 2.43. The average molecular weight is 401 g/mol. The molecular formula is C21H24NO5P. The highest BCUT2D eigenvalue weighted by molar-refractivity contribution is 7.64. The van der Waals surface area contributed by atoms with Gasteiger partial charge in [0.05, 0.1) is 19.0 Å². The molecule has 0 spiro atoms. The van der Waals surface area contributed by atoms with Crippen molar-refractivity contribution < 1.29 is 23.4 Å². The summed E-state index contributed by atoms with van der Waals surface area (Å²) >= 11 is 0. The van der Waals surface area contributed by atoms with Crippen molar-refractivity contribution in [3.05, 3.63) is 67.3 Å². The minimum atomic E-state index is -3.40. The van der Waals surface area contributed by atoms with Crippen molar-refractivity contribution in [1.29, 1.82) is 0 Å². The highest BCUT2D eigenvalue weighted by atomic mass is 31.2. The molecule has 6 nitrogen and oxygen atoms in total. The van der Waals surface area contributed by atoms with Gasteiger partial charge in [-0.15, -0.1) is 6.58 Å². The van der Waals surface area contributed by atoms with Gasteiger partial charge in [-0.25, -0.2) is 4.67 Å². The van der Waals surface area contributed by atoms with Crippen molar-refractivity contribution in [2.75, 3.05) is 20.3 Å². The van der Waals surface area contributed by atoms with Crippen molar-refractivity contribution in [1.82, 2.24) is 4.67 Å². The Hall–Kier alpha value is -2.40. The number of rotatable bonds is 7. The Labute approximate surface area is 165 Å². The Morgan fingerprint density at radius 1 is 1.21 bits per heavy atom. The standard InChI is InChI=1S/C21H24NO5P/c1-3-8-20(21(23)25-2)22-15-7-16-26-28(22,24)19-13-11-18(12-14-19)27-17-9-5-4-6-10-17/h3-6,9-14,20H,1,7-8,15-16H2,2H3. The molecule has 1 aliphatic rings. The smallest absolute Gasteiger partial charge is 0.323 e. The van der Waals surface area contributed by atoms with Crippen LogP contribution in [0, 0.1) is 0 Å². The first-order valence-electron chi connectivity index (χ1n) is 9.12. The van der Waals surface area contributed by atoms with Gasteiger partial charge in [-0.3, -0.25) is 9.36 Å². The van der Waals surface area contributed by atoms with Gasteiger partial charge in [-0.1, -0.05) is 24.3 Å². The second-order valence-corrected chi connectivity index (χ2v) is 8.67. The van der Waals surface area contributed by atoms with Crippen molar-refractivity contribution in [2.45, 2.75) is 18.9 Å². The number of ether oxygens (including phenoxy) is 2. The number of methoxy groups -OCH3 is 1. The molecule has 0 radical (unpaired) electrons. The van der Waals surface area contributed by atoms with Gasteiger partial charge >= 0.3 is 13.5 Å². The second-order valence-electron chi connectivity index (χ2n) is 6.34. The zero-order valence-electron chi connectivity index (χ0n) is 15.8. The predicted octanol–water partition coefficient (Wildman–Crippen LogP) is 4.14. The van der Waals surface area contributed by atoms with Gasteiger partial charge in [0, 0.05) is 6.54 Å². The highest BCUT2D eigenvalue weighted by Crippen LogP contribution is 2.54. The van der Waals surface area contributed by atoms with Crippen LogP contribution in [0.15, 0.2) is 67.3 Å². The van der Waals surface area contributed by atoms with Crippen LogP contribution in [0.1, 0.15) is 12.8 Å². The summed E-state index contributed by atoms with van der Waals surface area (Å²) in [5.41, 5.74) is 0. The van der Waals surface area contributed by atoms with Crippen LogP contribution in [-0.2, 0) is 18.6 Å². The maximum Gasteiger partial charge on any atom is 0.323 e. The summed E-state index contributed by atoms with van der Waals surface area (Å²) in [6.45, 7) is 4.55. The summed E-state index contributed by atoms with van der Waals surface area (Å²) in [6.07, 6.45) is 2.64. The molecule has 1 heterocycles. The first-order valence-corrected chi connectivity index (χ1v) is 10.7. The molecule has 0 aromatic heterocycles. The fourth-order valence-electron chi connectivity index (χ4n) is 3.14. The molecule has 0 amide bonds. The first-order chi connectivity index (χ1) is 13.6. The quantitative estimate of drug-likeness (QED) is 0.395. The van der Waals surface area contributed by atoms with Gasteiger partial charge in [-0.05, 0) is 49.2 Å². The summed E-state index contributed by atoms with van der Waals surface area (Å²) in [7, 11) is -2.08. The molecule has 0 aliphatic carbocycles. The predicted molar refractivity (Wildman–Crippen MR) is 108 cm³/mol. The lowest BCUT2D eigenvalue weighted by Gasteiger charge is -2.38. The maximum atomic E-state index is 13.8. The molecule has 148 valence electrons. The minimum Gasteiger partial charge on any atom is -0.468 e. The number of para-hydroxylation sites is 1. The van der Waals surface area contributed by atoms with Crippen LogP contribution < -0.4 is 10.0 Å². The number of benzene rings is 2. The third-order valence-electron chi connectivity index (χ3n) is 4.50. The first kappa shape index (κ1) is 20.3. The zero-order chi connectivity index (χ0) is 20.0. The van der Waals surface area contributed by atoms with E-state index in [2.05, 4.69) is 6.58 Å². The maximum absolute atomic E-state index is 13.8. The fraction of sp³-hybridized carbons (Fsp3) is 0.286. The van der Waals surface area contributed by atoms with E-state index in [-0.39, 0.29) is 0 Å². The lowest BCUT2D eigenvalue weighted by molar-refractivity contribution is -0.145. The van der Waals surface area contributed by atoms with Crippen molar-refractivity contribution in [3.63, 3.8) is 0 Å². The molecule has 2 atom stereocenters. The molecule has 2 unspecified atom stereocenters. The van der Waals surface area contributed by atoms with Gasteiger partial charge in [0.2, 0.25) is 0 Å². The van der Waals surface area contributed by atoms with E-state index in [0.717, 1.165) is 0 Å². The number of carbonyl (C=O) groups is 1. The lowest BCUT2D eigenvalue weighted by Crippen LogP contribution is -2.45. The van der Waals surface area contributed by atoms with Gasteiger partial charge in [-0.2, -0.15) is 0 Å². The van der Waals surface area contributed by atoms with E-state index in [9.17, 15) is 9.36 Å². The van der Waals surface area contributed by atoms with Crippen LogP contribution in [0.2, 0.25) is 0 Å². The summed E-state index contributed by atoms with van der Waals surface area (Å²) in [6, 6.07) is 15.7. The van der Waals surface area contributed by atoms with Crippen molar-refractivity contribution in [2.24, 2.45) is 0 Å². The normalized spacial score (nSPS) is 20.9. The molecule has 0 saturated carbocycles. The van der Waals surface area contributed by atoms with Crippen LogP contribution in [0.5, 0.6) is 11.5 Å². The fourth-order valence-corrected chi connectivity index (χ4v) is 5.60. The Bertz CT molecular complexity index is 853. The molecule has 7 heteroatoms. The van der Waals surface area contributed by atoms with E-state index in [1.165, 1.54) is 7.11 Å². The van der Waals surface area contributed by atoms with Crippen LogP contribution >= 0.6 is 7.52 Å². The number of hydrogen-bond acceptors (Lipinski definition) is 5. The van der Waals surface area contributed by atoms with Crippen molar-refractivity contribution >= 4 is 18.8 Å². The molecule has 1 saturated heterocycles. The van der Waals surface area contributed by atoms with Crippen LogP contribution in [0.3, 0.4) is 0 Å². The number of carbonyl (C=O) groups excluding carboxylic acids is 1. The van der Waals surface area contributed by atoms with Crippen molar-refractivity contribution in [3.8, 4) is 11.5 Å². The Balaban J connectivity index is 1.87. The summed E-state index contributed by atoms with van der Waals surface area (Å²) in [5.74, 6) is 0.893. The van der Waals surface area contributed by atoms with E-state index >= 15 is 0 Å². The van der Waals surface area contributed by atoms with E-state index in [0.29, 0.717) is 42.8 Å². The van der Waals surface area contributed by atoms with Crippen LogP contribution in [0.4, 0.5) is 0 Å². The van der Waals surface area contributed by atoms with E-state index in [1.54, 1.807) is 35.0 Å². The molecular weight excluding hydrogens is 377 g/mol. The van der Waals surface area contributed by atoms with Gasteiger partial charge < -0.3 is 14.0 Å². The monoisotopic (exact) mass is 401 g/mol. The molecule has 1 fully saturated rings. The van der Waals surface area contributed by atoms with Gasteiger partial charge in [0.1, 0.15) is 17.5 Å². The summed E-state index contributed by atoms with van der Waals surface area (Å²) in [5, 5.41) is 0.519. The number of nitrogens with zero attached hydrogens (tertiary/aromatic N) is 1. The number of esters is 1. The molecule has 0 bridgehead atoms.